The van der Waals surface area contributed by atoms with Gasteiger partial charge in [0.05, 0.1) is 18.3 Å². The summed E-state index contributed by atoms with van der Waals surface area (Å²) in [6, 6.07) is 10.4. The molecule has 0 radical (unpaired) electrons. The minimum absolute atomic E-state index is 0.0129. The summed E-state index contributed by atoms with van der Waals surface area (Å²) in [7, 11) is 0. The minimum atomic E-state index is -0.247. The Labute approximate surface area is 156 Å². The fourth-order valence-corrected chi connectivity index (χ4v) is 4.61. The van der Waals surface area contributed by atoms with Crippen LogP contribution >= 0.6 is 11.3 Å². The average Bonchev–Trinajstić information content (AvgIpc) is 3.35. The second-order valence-electron chi connectivity index (χ2n) is 6.60. The summed E-state index contributed by atoms with van der Waals surface area (Å²) in [5.74, 6) is 0.0129. The fourth-order valence-electron chi connectivity index (χ4n) is 3.59. The molecule has 26 heavy (non-hydrogen) atoms. The Bertz CT molecular complexity index is 856. The van der Waals surface area contributed by atoms with Crippen LogP contribution in [-0.2, 0) is 11.2 Å². The first-order valence-electron chi connectivity index (χ1n) is 8.98. The van der Waals surface area contributed by atoms with Crippen LogP contribution in [0, 0.1) is 11.3 Å². The van der Waals surface area contributed by atoms with E-state index in [1.54, 1.807) is 16.2 Å². The van der Waals surface area contributed by atoms with Gasteiger partial charge in [-0.25, -0.2) is 4.98 Å². The van der Waals surface area contributed by atoms with Gasteiger partial charge in [0.2, 0.25) is 5.91 Å². The van der Waals surface area contributed by atoms with Crippen LogP contribution in [0.5, 0.6) is 0 Å². The van der Waals surface area contributed by atoms with Gasteiger partial charge in [0.15, 0.2) is 5.13 Å². The zero-order valence-corrected chi connectivity index (χ0v) is 15.3. The molecule has 1 saturated heterocycles. The molecular weight excluding hydrogens is 346 g/mol. The molecule has 2 heterocycles. The molecule has 2 aliphatic rings. The lowest BCUT2D eigenvalue weighted by Gasteiger charge is -2.19. The van der Waals surface area contributed by atoms with Gasteiger partial charge >= 0.3 is 0 Å². The van der Waals surface area contributed by atoms with E-state index in [1.165, 1.54) is 16.0 Å². The van der Waals surface area contributed by atoms with Crippen molar-refractivity contribution < 1.29 is 4.79 Å². The van der Waals surface area contributed by atoms with Gasteiger partial charge in [0, 0.05) is 36.5 Å². The molecule has 1 fully saturated rings. The van der Waals surface area contributed by atoms with Crippen molar-refractivity contribution >= 4 is 22.4 Å². The van der Waals surface area contributed by atoms with E-state index in [0.29, 0.717) is 19.6 Å². The van der Waals surface area contributed by atoms with Gasteiger partial charge in [0.25, 0.3) is 0 Å². The first-order chi connectivity index (χ1) is 12.8. The van der Waals surface area contributed by atoms with Crippen LogP contribution < -0.4 is 10.6 Å². The molecule has 1 unspecified atom stereocenters. The van der Waals surface area contributed by atoms with Crippen molar-refractivity contribution in [3.63, 3.8) is 0 Å². The first-order valence-corrected chi connectivity index (χ1v) is 9.79. The molecule has 2 N–H and O–H groups in total. The highest BCUT2D eigenvalue weighted by Gasteiger charge is 2.27. The predicted molar refractivity (Wildman–Crippen MR) is 102 cm³/mol. The fraction of sp³-hybridized carbons (Fsp3) is 0.421. The molecule has 1 aliphatic heterocycles. The maximum Gasteiger partial charge on any atom is 0.237 e. The summed E-state index contributed by atoms with van der Waals surface area (Å²) in [6.45, 7) is 2.37. The van der Waals surface area contributed by atoms with Gasteiger partial charge < -0.3 is 15.5 Å². The summed E-state index contributed by atoms with van der Waals surface area (Å²) in [4.78, 5) is 19.9. The van der Waals surface area contributed by atoms with Crippen LogP contribution in [0.2, 0.25) is 0 Å². The molecule has 6 nitrogen and oxygen atoms in total. The van der Waals surface area contributed by atoms with Crippen LogP contribution in [0.15, 0.2) is 24.3 Å². The van der Waals surface area contributed by atoms with Gasteiger partial charge in [-0.1, -0.05) is 24.3 Å². The Morgan fingerprint density at radius 3 is 3.15 bits per heavy atom. The number of thiazole rings is 1. The number of hydrogen-bond acceptors (Lipinski definition) is 6. The number of anilines is 1. The molecule has 1 aromatic heterocycles. The van der Waals surface area contributed by atoms with E-state index >= 15 is 0 Å². The first kappa shape index (κ1) is 17.0. The topological polar surface area (TPSA) is 81.0 Å². The summed E-state index contributed by atoms with van der Waals surface area (Å²) < 4.78 is 0. The van der Waals surface area contributed by atoms with E-state index in [2.05, 4.69) is 41.0 Å². The molecule has 0 saturated carbocycles. The number of carbonyl (C=O) groups excluding carboxylic acids is 1. The molecule has 0 bridgehead atoms. The smallest absolute Gasteiger partial charge is 0.237 e. The Morgan fingerprint density at radius 1 is 1.38 bits per heavy atom. The zero-order valence-electron chi connectivity index (χ0n) is 14.5. The monoisotopic (exact) mass is 367 g/mol. The molecule has 1 atom stereocenters. The predicted octanol–water partition coefficient (Wildman–Crippen LogP) is 2.23. The Balaban J connectivity index is 1.22. The quantitative estimate of drug-likeness (QED) is 0.653. The molecule has 1 aromatic carbocycles. The van der Waals surface area contributed by atoms with Crippen molar-refractivity contribution in [3.8, 4) is 17.3 Å². The van der Waals surface area contributed by atoms with Gasteiger partial charge in [0.1, 0.15) is 6.04 Å². The zero-order chi connectivity index (χ0) is 17.9. The number of benzene rings is 1. The number of amides is 1. The molecular formula is C19H21N5OS. The summed E-state index contributed by atoms with van der Waals surface area (Å²) in [5.41, 5.74) is 3.70. The Morgan fingerprint density at radius 2 is 2.27 bits per heavy atom. The lowest BCUT2D eigenvalue weighted by molar-refractivity contribution is -0.130. The average molecular weight is 367 g/mol. The number of nitrogens with zero attached hydrogens (tertiary/aromatic N) is 3. The largest absolute Gasteiger partial charge is 0.360 e. The van der Waals surface area contributed by atoms with E-state index in [-0.39, 0.29) is 18.5 Å². The third-order valence-corrected chi connectivity index (χ3v) is 5.91. The molecule has 134 valence electrons. The van der Waals surface area contributed by atoms with Crippen LogP contribution in [0.1, 0.15) is 23.3 Å². The molecule has 2 aromatic rings. The van der Waals surface area contributed by atoms with Gasteiger partial charge in [-0.15, -0.1) is 11.3 Å². The number of carbonyl (C=O) groups is 1. The SMILES string of the molecule is N#CC1CCCN1C(=O)CNCCNc1nc2c(s1)Cc1ccccc1-2. The lowest BCUT2D eigenvalue weighted by Crippen LogP contribution is -2.41. The lowest BCUT2D eigenvalue weighted by atomic mass is 10.1. The second kappa shape index (κ2) is 7.44. The Hall–Kier alpha value is -2.43. The van der Waals surface area contributed by atoms with Gasteiger partial charge in [-0.2, -0.15) is 5.26 Å². The van der Waals surface area contributed by atoms with E-state index in [0.717, 1.165) is 30.1 Å². The summed E-state index contributed by atoms with van der Waals surface area (Å²) in [6.07, 6.45) is 2.68. The van der Waals surface area contributed by atoms with E-state index in [4.69, 9.17) is 10.2 Å². The van der Waals surface area contributed by atoms with Crippen molar-refractivity contribution in [2.45, 2.75) is 25.3 Å². The maximum atomic E-state index is 12.1. The molecule has 7 heteroatoms. The van der Waals surface area contributed by atoms with Crippen molar-refractivity contribution in [3.05, 3.63) is 34.7 Å². The standard InChI is InChI=1S/C19H21N5OS/c20-11-14-5-3-9-24(14)17(25)12-21-7-8-22-19-23-18-15-6-2-1-4-13(15)10-16(18)26-19/h1-2,4,6,14,21H,3,5,7-10,12H2,(H,22,23). The highest BCUT2D eigenvalue weighted by atomic mass is 32.1. The number of nitrogens with one attached hydrogen (secondary N) is 2. The second-order valence-corrected chi connectivity index (χ2v) is 7.69. The normalized spacial score (nSPS) is 17.7. The molecule has 4 rings (SSSR count). The summed E-state index contributed by atoms with van der Waals surface area (Å²) >= 11 is 1.71. The highest BCUT2D eigenvalue weighted by molar-refractivity contribution is 7.16. The van der Waals surface area contributed by atoms with Crippen molar-refractivity contribution in [1.29, 1.82) is 5.26 Å². The van der Waals surface area contributed by atoms with Crippen LogP contribution in [0.4, 0.5) is 5.13 Å². The third-order valence-electron chi connectivity index (χ3n) is 4.90. The van der Waals surface area contributed by atoms with Crippen LogP contribution in [0.25, 0.3) is 11.3 Å². The number of hydrogen-bond donors (Lipinski definition) is 2. The molecule has 1 aliphatic carbocycles. The molecule has 1 amide bonds. The van der Waals surface area contributed by atoms with Crippen molar-refractivity contribution in [2.24, 2.45) is 0 Å². The van der Waals surface area contributed by atoms with E-state index in [1.807, 2.05) is 0 Å². The number of aromatic nitrogens is 1. The number of fused-ring (bicyclic) bond motifs is 3. The van der Waals surface area contributed by atoms with Crippen LogP contribution in [-0.4, -0.2) is 48.0 Å². The molecule has 0 spiro atoms. The van der Waals surface area contributed by atoms with Crippen molar-refractivity contribution in [2.75, 3.05) is 31.5 Å². The van der Waals surface area contributed by atoms with Crippen molar-refractivity contribution in [1.82, 2.24) is 15.2 Å². The number of rotatable bonds is 6. The van der Waals surface area contributed by atoms with Gasteiger partial charge in [-0.05, 0) is 18.4 Å². The Kier molecular flexibility index (Phi) is 4.87. The maximum absolute atomic E-state index is 12.1. The minimum Gasteiger partial charge on any atom is -0.360 e. The summed E-state index contributed by atoms with van der Waals surface area (Å²) in [5, 5.41) is 16.5. The third kappa shape index (κ3) is 3.30. The number of nitriles is 1. The van der Waals surface area contributed by atoms with Gasteiger partial charge in [-0.3, -0.25) is 4.79 Å². The van der Waals surface area contributed by atoms with E-state index in [9.17, 15) is 4.79 Å². The highest BCUT2D eigenvalue weighted by Crippen LogP contribution is 2.40. The van der Waals surface area contributed by atoms with E-state index < -0.39 is 0 Å². The number of likely N-dealkylation sites (tertiary alicyclic amines) is 1. The van der Waals surface area contributed by atoms with Crippen LogP contribution in [0.3, 0.4) is 0 Å².